The summed E-state index contributed by atoms with van der Waals surface area (Å²) in [5, 5.41) is 3.71. The van der Waals surface area contributed by atoms with Gasteiger partial charge in [-0.1, -0.05) is 36.4 Å². The lowest BCUT2D eigenvalue weighted by atomic mass is 10.2. The van der Waals surface area contributed by atoms with E-state index < -0.39 is 10.0 Å². The predicted octanol–water partition coefficient (Wildman–Crippen LogP) is 2.31. The van der Waals surface area contributed by atoms with E-state index in [2.05, 4.69) is 15.0 Å². The Morgan fingerprint density at radius 2 is 1.88 bits per heavy atom. The number of pyridine rings is 1. The Bertz CT molecular complexity index is 818. The molecule has 0 unspecified atom stereocenters. The van der Waals surface area contributed by atoms with Crippen LogP contribution in [0.3, 0.4) is 0 Å². The summed E-state index contributed by atoms with van der Waals surface area (Å²) in [7, 11) is -3.58. The Morgan fingerprint density at radius 1 is 1.12 bits per heavy atom. The van der Waals surface area contributed by atoms with E-state index in [1.807, 2.05) is 31.2 Å². The number of anilines is 1. The van der Waals surface area contributed by atoms with Crippen LogP contribution in [0.5, 0.6) is 0 Å². The van der Waals surface area contributed by atoms with Crippen LogP contribution < -0.4 is 10.0 Å². The second kappa shape index (κ2) is 8.37. The summed E-state index contributed by atoms with van der Waals surface area (Å²) in [5.41, 5.74) is 1.57. The SMILES string of the molecule is Cc1cccc(NC(=O)CCNS(=O)(=O)/C=C/c2ccccc2)n1. The smallest absolute Gasteiger partial charge is 0.233 e. The number of nitrogens with zero attached hydrogens (tertiary/aromatic N) is 1. The molecule has 126 valence electrons. The van der Waals surface area contributed by atoms with Gasteiger partial charge in [0.05, 0.1) is 0 Å². The van der Waals surface area contributed by atoms with Crippen LogP contribution >= 0.6 is 0 Å². The highest BCUT2D eigenvalue weighted by atomic mass is 32.2. The number of benzene rings is 1. The molecule has 6 nitrogen and oxygen atoms in total. The summed E-state index contributed by atoms with van der Waals surface area (Å²) in [6.45, 7) is 1.84. The van der Waals surface area contributed by atoms with Crippen LogP contribution in [0.1, 0.15) is 17.7 Å². The quantitative estimate of drug-likeness (QED) is 0.806. The number of amides is 1. The molecule has 0 aliphatic carbocycles. The zero-order chi connectivity index (χ0) is 17.4. The maximum Gasteiger partial charge on any atom is 0.233 e. The number of hydrogen-bond acceptors (Lipinski definition) is 4. The van der Waals surface area contributed by atoms with Crippen LogP contribution in [-0.2, 0) is 14.8 Å². The standard InChI is InChI=1S/C17H19N3O3S/c1-14-6-5-9-16(19-14)20-17(21)10-12-18-24(22,23)13-11-15-7-3-2-4-8-15/h2-9,11,13,18H,10,12H2,1H3,(H,19,20,21)/b13-11+. The molecular weight excluding hydrogens is 326 g/mol. The van der Waals surface area contributed by atoms with Gasteiger partial charge in [0.1, 0.15) is 5.82 Å². The molecule has 1 amide bonds. The summed E-state index contributed by atoms with van der Waals surface area (Å²) in [6.07, 6.45) is 1.52. The first kappa shape index (κ1) is 17.8. The summed E-state index contributed by atoms with van der Waals surface area (Å²) >= 11 is 0. The monoisotopic (exact) mass is 345 g/mol. The summed E-state index contributed by atoms with van der Waals surface area (Å²) in [5.74, 6) is 0.148. The summed E-state index contributed by atoms with van der Waals surface area (Å²) in [6, 6.07) is 14.4. The van der Waals surface area contributed by atoms with Crippen LogP contribution in [0, 0.1) is 6.92 Å². The van der Waals surface area contributed by atoms with Crippen molar-refractivity contribution in [3.05, 3.63) is 65.2 Å². The molecule has 1 heterocycles. The largest absolute Gasteiger partial charge is 0.311 e. The second-order valence-electron chi connectivity index (χ2n) is 5.12. The number of carbonyl (C=O) groups excluding carboxylic acids is 1. The van der Waals surface area contributed by atoms with E-state index in [0.29, 0.717) is 5.82 Å². The lowest BCUT2D eigenvalue weighted by Gasteiger charge is -2.05. The van der Waals surface area contributed by atoms with Crippen LogP contribution in [0.15, 0.2) is 53.9 Å². The van der Waals surface area contributed by atoms with Gasteiger partial charge in [-0.05, 0) is 30.7 Å². The molecular formula is C17H19N3O3S. The minimum absolute atomic E-state index is 0.0130. The van der Waals surface area contributed by atoms with Crippen molar-refractivity contribution in [2.45, 2.75) is 13.3 Å². The average molecular weight is 345 g/mol. The van der Waals surface area contributed by atoms with Crippen molar-refractivity contribution in [1.82, 2.24) is 9.71 Å². The van der Waals surface area contributed by atoms with Crippen molar-refractivity contribution in [3.8, 4) is 0 Å². The molecule has 2 N–H and O–H groups in total. The highest BCUT2D eigenvalue weighted by Gasteiger charge is 2.08. The predicted molar refractivity (Wildman–Crippen MR) is 94.6 cm³/mol. The van der Waals surface area contributed by atoms with E-state index in [0.717, 1.165) is 16.7 Å². The van der Waals surface area contributed by atoms with Crippen molar-refractivity contribution >= 4 is 27.8 Å². The van der Waals surface area contributed by atoms with E-state index in [1.165, 1.54) is 6.08 Å². The fourth-order valence-electron chi connectivity index (χ4n) is 1.91. The first-order valence-corrected chi connectivity index (χ1v) is 8.95. The Labute approximate surface area is 141 Å². The van der Waals surface area contributed by atoms with Gasteiger partial charge in [-0.25, -0.2) is 18.1 Å². The molecule has 2 aromatic rings. The zero-order valence-electron chi connectivity index (χ0n) is 13.3. The summed E-state index contributed by atoms with van der Waals surface area (Å²) < 4.78 is 26.1. The highest BCUT2D eigenvalue weighted by Crippen LogP contribution is 2.05. The first-order valence-electron chi connectivity index (χ1n) is 7.41. The molecule has 1 aromatic carbocycles. The highest BCUT2D eigenvalue weighted by molar-refractivity contribution is 7.92. The minimum Gasteiger partial charge on any atom is -0.311 e. The number of rotatable bonds is 7. The third-order valence-electron chi connectivity index (χ3n) is 3.05. The molecule has 0 aliphatic rings. The van der Waals surface area contributed by atoms with Gasteiger partial charge in [0.25, 0.3) is 0 Å². The summed E-state index contributed by atoms with van der Waals surface area (Å²) in [4.78, 5) is 15.9. The van der Waals surface area contributed by atoms with Crippen LogP contribution in [0.25, 0.3) is 6.08 Å². The Morgan fingerprint density at radius 3 is 2.58 bits per heavy atom. The normalized spacial score (nSPS) is 11.5. The number of nitrogens with one attached hydrogen (secondary N) is 2. The molecule has 0 atom stereocenters. The molecule has 7 heteroatoms. The van der Waals surface area contributed by atoms with E-state index in [1.54, 1.807) is 24.3 Å². The molecule has 0 saturated carbocycles. The first-order chi connectivity index (χ1) is 11.4. The number of hydrogen-bond donors (Lipinski definition) is 2. The Hall–Kier alpha value is -2.51. The molecule has 0 saturated heterocycles. The van der Waals surface area contributed by atoms with Gasteiger partial charge in [-0.3, -0.25) is 4.79 Å². The van der Waals surface area contributed by atoms with Crippen molar-refractivity contribution in [1.29, 1.82) is 0 Å². The lowest BCUT2D eigenvalue weighted by Crippen LogP contribution is -2.26. The topological polar surface area (TPSA) is 88.2 Å². The molecule has 0 bridgehead atoms. The van der Waals surface area contributed by atoms with E-state index >= 15 is 0 Å². The van der Waals surface area contributed by atoms with Gasteiger partial charge >= 0.3 is 0 Å². The lowest BCUT2D eigenvalue weighted by molar-refractivity contribution is -0.116. The van der Waals surface area contributed by atoms with Gasteiger partial charge in [0.2, 0.25) is 15.9 Å². The third-order valence-corrected chi connectivity index (χ3v) is 4.15. The van der Waals surface area contributed by atoms with Gasteiger partial charge in [-0.15, -0.1) is 0 Å². The van der Waals surface area contributed by atoms with E-state index in [4.69, 9.17) is 0 Å². The van der Waals surface area contributed by atoms with Gasteiger partial charge in [-0.2, -0.15) is 0 Å². The molecule has 2 rings (SSSR count). The van der Waals surface area contributed by atoms with Crippen molar-refractivity contribution < 1.29 is 13.2 Å². The van der Waals surface area contributed by atoms with E-state index in [9.17, 15) is 13.2 Å². The van der Waals surface area contributed by atoms with Crippen molar-refractivity contribution in [2.24, 2.45) is 0 Å². The fourth-order valence-corrected chi connectivity index (χ4v) is 2.72. The molecule has 0 spiro atoms. The average Bonchev–Trinajstić information content (AvgIpc) is 2.54. The van der Waals surface area contributed by atoms with Crippen LogP contribution in [0.4, 0.5) is 5.82 Å². The van der Waals surface area contributed by atoms with Gasteiger partial charge < -0.3 is 5.32 Å². The Balaban J connectivity index is 1.80. The maximum absolute atomic E-state index is 11.8. The van der Waals surface area contributed by atoms with Crippen LogP contribution in [-0.4, -0.2) is 25.9 Å². The Kier molecular flexibility index (Phi) is 6.22. The molecule has 1 aromatic heterocycles. The molecule has 0 fully saturated rings. The van der Waals surface area contributed by atoms with Crippen LogP contribution in [0.2, 0.25) is 0 Å². The van der Waals surface area contributed by atoms with E-state index in [-0.39, 0.29) is 18.9 Å². The van der Waals surface area contributed by atoms with Gasteiger partial charge in [0.15, 0.2) is 0 Å². The third kappa shape index (κ3) is 6.31. The number of carbonyl (C=O) groups is 1. The van der Waals surface area contributed by atoms with Crippen molar-refractivity contribution in [3.63, 3.8) is 0 Å². The molecule has 0 aliphatic heterocycles. The number of aryl methyl sites for hydroxylation is 1. The minimum atomic E-state index is -3.58. The number of sulfonamides is 1. The number of aromatic nitrogens is 1. The zero-order valence-corrected chi connectivity index (χ0v) is 14.1. The molecule has 0 radical (unpaired) electrons. The van der Waals surface area contributed by atoms with Gasteiger partial charge in [0, 0.05) is 24.1 Å². The second-order valence-corrected chi connectivity index (χ2v) is 6.77. The molecule has 24 heavy (non-hydrogen) atoms. The van der Waals surface area contributed by atoms with Crippen molar-refractivity contribution in [2.75, 3.05) is 11.9 Å². The fraction of sp³-hybridized carbons (Fsp3) is 0.176. The maximum atomic E-state index is 11.8.